The highest BCUT2D eigenvalue weighted by molar-refractivity contribution is 6.01. The number of ketones is 2. The number of amides is 1. The molecule has 3 N–H and O–H groups in total. The van der Waals surface area contributed by atoms with E-state index in [1.165, 1.54) is 18.2 Å². The Kier molecular flexibility index (Phi) is 8.46. The first-order chi connectivity index (χ1) is 24.3. The number of Topliss-reactive ketones (excluding diaryl/α,β-unsaturated/α-hetero) is 1. The van der Waals surface area contributed by atoms with Gasteiger partial charge in [0, 0.05) is 35.3 Å². The largest absolute Gasteiger partial charge is 0.444 e. The number of aliphatic hydroxyl groups excluding tert-OH is 2. The molecule has 1 amide bonds. The van der Waals surface area contributed by atoms with Gasteiger partial charge in [0.25, 0.3) is 0 Å². The molecule has 9 atom stereocenters. The highest BCUT2D eigenvalue weighted by Gasteiger charge is 2.81. The summed E-state index contributed by atoms with van der Waals surface area (Å²) in [5.41, 5.74) is -4.11. The predicted octanol–water partition coefficient (Wildman–Crippen LogP) is 6.93. The average molecular weight is 717 g/mol. The number of nitrogens with zero attached hydrogens (tertiary/aromatic N) is 1. The van der Waals surface area contributed by atoms with E-state index in [9.17, 15) is 24.6 Å². The second-order valence-electron chi connectivity index (χ2n) is 17.6. The molecular formula is C42H50F2N2O6. The second-order valence-corrected chi connectivity index (χ2v) is 17.6. The minimum atomic E-state index is -2.28. The van der Waals surface area contributed by atoms with Gasteiger partial charge in [-0.3, -0.25) is 14.9 Å². The van der Waals surface area contributed by atoms with Crippen molar-refractivity contribution in [1.82, 2.24) is 0 Å². The molecule has 0 aromatic heterocycles. The van der Waals surface area contributed by atoms with Crippen molar-refractivity contribution in [3.05, 3.63) is 83.5 Å². The summed E-state index contributed by atoms with van der Waals surface area (Å²) in [4.78, 5) is 40.8. The van der Waals surface area contributed by atoms with Crippen molar-refractivity contribution in [2.75, 3.05) is 29.9 Å². The van der Waals surface area contributed by atoms with Crippen LogP contribution in [0.25, 0.3) is 0 Å². The van der Waals surface area contributed by atoms with Crippen LogP contribution in [0, 0.1) is 33.5 Å². The number of aliphatic hydroxyl groups is 2. The van der Waals surface area contributed by atoms with E-state index in [0.29, 0.717) is 31.6 Å². The number of halogens is 2. The van der Waals surface area contributed by atoms with Crippen molar-refractivity contribution in [1.29, 1.82) is 0 Å². The van der Waals surface area contributed by atoms with Crippen LogP contribution < -0.4 is 10.2 Å². The lowest BCUT2D eigenvalue weighted by Crippen LogP contribution is -2.74. The molecule has 2 aromatic rings. The molecule has 2 aromatic carbocycles. The minimum Gasteiger partial charge on any atom is -0.444 e. The molecule has 0 unspecified atom stereocenters. The topological polar surface area (TPSA) is 116 Å². The Hall–Kier alpha value is -3.89. The van der Waals surface area contributed by atoms with Crippen LogP contribution in [-0.4, -0.2) is 71.1 Å². The molecule has 3 saturated carbocycles. The van der Waals surface area contributed by atoms with Gasteiger partial charge in [0.05, 0.1) is 11.5 Å². The molecule has 0 bridgehead atoms. The van der Waals surface area contributed by atoms with Crippen LogP contribution in [-0.2, 0) is 20.7 Å². The van der Waals surface area contributed by atoms with Crippen molar-refractivity contribution in [2.24, 2.45) is 33.5 Å². The fourth-order valence-electron chi connectivity index (χ4n) is 11.5. The number of carbonyl (C=O) groups excluding carboxylic acids is 3. The predicted molar refractivity (Wildman–Crippen MR) is 194 cm³/mol. The van der Waals surface area contributed by atoms with Crippen molar-refractivity contribution >= 4 is 29.0 Å². The van der Waals surface area contributed by atoms with Gasteiger partial charge in [0.15, 0.2) is 17.2 Å². The van der Waals surface area contributed by atoms with Crippen LogP contribution in [0.4, 0.5) is 25.0 Å². The van der Waals surface area contributed by atoms with Gasteiger partial charge in [0.2, 0.25) is 0 Å². The summed E-state index contributed by atoms with van der Waals surface area (Å²) >= 11 is 0. The highest BCUT2D eigenvalue weighted by atomic mass is 19.1. The SMILES string of the molecule is CC(C)(C)OC(=O)Nc1cccc(Cc2ccc(N3C[C@@H]4C[C@H]5[C@]6(C)C[C@H](F)C7=CC(=O)C=C[C@]7(C)[C@@]6(F)[C@@H](O)C[C@]5(C)[C@]4(C(=O)CO)C3)cc2)c1. The van der Waals surface area contributed by atoms with E-state index in [4.69, 9.17) is 4.74 Å². The third-order valence-electron chi connectivity index (χ3n) is 13.7. The van der Waals surface area contributed by atoms with Gasteiger partial charge in [-0.05, 0) is 124 Å². The number of nitrogens with one attached hydrogen (secondary N) is 1. The Morgan fingerprint density at radius 3 is 2.42 bits per heavy atom. The van der Waals surface area contributed by atoms with Crippen LogP contribution in [0.2, 0.25) is 0 Å². The van der Waals surface area contributed by atoms with Crippen molar-refractivity contribution in [3.63, 3.8) is 0 Å². The van der Waals surface area contributed by atoms with Gasteiger partial charge >= 0.3 is 6.09 Å². The Bertz CT molecular complexity index is 1870. The normalized spacial score (nSPS) is 37.8. The molecule has 1 aliphatic heterocycles. The van der Waals surface area contributed by atoms with E-state index in [-0.39, 0.29) is 30.1 Å². The number of ether oxygens (including phenoxy) is 1. The van der Waals surface area contributed by atoms with E-state index in [1.54, 1.807) is 13.8 Å². The van der Waals surface area contributed by atoms with E-state index in [0.717, 1.165) is 16.8 Å². The quantitative estimate of drug-likeness (QED) is 0.297. The molecule has 5 aliphatic rings. The fourth-order valence-corrected chi connectivity index (χ4v) is 11.5. The number of hydrogen-bond donors (Lipinski definition) is 3. The first kappa shape index (κ1) is 36.5. The van der Waals surface area contributed by atoms with Crippen LogP contribution in [0.1, 0.15) is 71.9 Å². The van der Waals surface area contributed by atoms with Crippen LogP contribution in [0.3, 0.4) is 0 Å². The smallest absolute Gasteiger partial charge is 0.412 e. The monoisotopic (exact) mass is 716 g/mol. The summed E-state index contributed by atoms with van der Waals surface area (Å²) in [6, 6.07) is 15.7. The second kappa shape index (κ2) is 12.1. The molecule has 52 heavy (non-hydrogen) atoms. The first-order valence-electron chi connectivity index (χ1n) is 18.3. The third kappa shape index (κ3) is 5.14. The van der Waals surface area contributed by atoms with Crippen molar-refractivity contribution in [3.8, 4) is 0 Å². The lowest BCUT2D eigenvalue weighted by atomic mass is 9.37. The first-order valence-corrected chi connectivity index (χ1v) is 18.3. The van der Waals surface area contributed by atoms with Crippen molar-refractivity contribution < 1.29 is 38.1 Å². The molecule has 4 aliphatic carbocycles. The lowest BCUT2D eigenvalue weighted by Gasteiger charge is -2.68. The zero-order valence-corrected chi connectivity index (χ0v) is 30.8. The van der Waals surface area contributed by atoms with Crippen LogP contribution in [0.15, 0.2) is 72.3 Å². The number of anilines is 2. The molecule has 7 rings (SSSR count). The molecule has 0 spiro atoms. The standard InChI is InChI=1S/C42H50F2N2O6/c1-37(2,3)52-36(51)45-28-9-7-8-26(17-28)16-25-10-12-29(13-11-25)46-22-27-18-33-39(5,41(27,24-46)35(50)23-47)21-34(49)42(44)38(4)15-14-30(48)19-31(38)32(43)20-40(33,42)6/h7-15,17,19,27,32-34,47,49H,16,18,20-24H2,1-6H3,(H,45,51)/t27-,32-,33+,34-,38-,39-,40-,41+,42-/m0/s1. The molecule has 1 heterocycles. The van der Waals surface area contributed by atoms with Crippen LogP contribution in [0.5, 0.6) is 0 Å². The molecule has 8 nitrogen and oxygen atoms in total. The number of alkyl halides is 2. The van der Waals surface area contributed by atoms with Gasteiger partial charge in [-0.25, -0.2) is 13.6 Å². The zero-order chi connectivity index (χ0) is 37.6. The number of hydrogen-bond acceptors (Lipinski definition) is 7. The highest BCUT2D eigenvalue weighted by Crippen LogP contribution is 2.78. The van der Waals surface area contributed by atoms with E-state index in [2.05, 4.69) is 10.2 Å². The number of allylic oxidation sites excluding steroid dienone is 4. The Morgan fingerprint density at radius 1 is 1.04 bits per heavy atom. The van der Waals surface area contributed by atoms with Gasteiger partial charge in [0.1, 0.15) is 18.4 Å². The number of benzene rings is 2. The summed E-state index contributed by atoms with van der Waals surface area (Å²) in [5, 5.41) is 25.2. The van der Waals surface area contributed by atoms with E-state index >= 15 is 8.78 Å². The van der Waals surface area contributed by atoms with Gasteiger partial charge < -0.3 is 19.8 Å². The molecule has 278 valence electrons. The molecule has 10 heteroatoms. The summed E-state index contributed by atoms with van der Waals surface area (Å²) < 4.78 is 39.6. The molecule has 4 fully saturated rings. The zero-order valence-electron chi connectivity index (χ0n) is 30.8. The number of rotatable bonds is 6. The molecular weight excluding hydrogens is 666 g/mol. The maximum Gasteiger partial charge on any atom is 0.412 e. The molecule has 1 saturated heterocycles. The van der Waals surface area contributed by atoms with Gasteiger partial charge in [-0.15, -0.1) is 0 Å². The lowest BCUT2D eigenvalue weighted by molar-refractivity contribution is -0.253. The van der Waals surface area contributed by atoms with Crippen LogP contribution >= 0.6 is 0 Å². The average Bonchev–Trinajstić information content (AvgIpc) is 3.57. The number of fused-ring (bicyclic) bond motifs is 7. The van der Waals surface area contributed by atoms with Gasteiger partial charge in [-0.2, -0.15) is 0 Å². The maximum atomic E-state index is 18.1. The summed E-state index contributed by atoms with van der Waals surface area (Å²) in [6.45, 7) is 10.8. The van der Waals surface area contributed by atoms with Crippen molar-refractivity contribution in [2.45, 2.75) is 90.8 Å². The minimum absolute atomic E-state index is 0.0256. The summed E-state index contributed by atoms with van der Waals surface area (Å²) in [5.74, 6) is -1.43. The molecule has 0 radical (unpaired) electrons. The third-order valence-corrected chi connectivity index (χ3v) is 13.7. The summed E-state index contributed by atoms with van der Waals surface area (Å²) in [6.07, 6.45) is 1.11. The Labute approximate surface area is 304 Å². The number of carbonyl (C=O) groups is 3. The van der Waals surface area contributed by atoms with E-state index < -0.39 is 69.6 Å². The fraction of sp³-hybridized carbons (Fsp3) is 0.548. The maximum absolute atomic E-state index is 18.1. The Morgan fingerprint density at radius 2 is 1.75 bits per heavy atom. The van der Waals surface area contributed by atoms with Gasteiger partial charge in [-0.1, -0.05) is 44.2 Å². The summed E-state index contributed by atoms with van der Waals surface area (Å²) in [7, 11) is 0. The van der Waals surface area contributed by atoms with E-state index in [1.807, 2.05) is 76.2 Å². The Balaban J connectivity index is 1.14.